The van der Waals surface area contributed by atoms with Crippen molar-refractivity contribution in [1.82, 2.24) is 4.98 Å². The lowest BCUT2D eigenvalue weighted by Gasteiger charge is -2.27. The Kier molecular flexibility index (Phi) is 7.14. The van der Waals surface area contributed by atoms with E-state index in [-0.39, 0.29) is 0 Å². The smallest absolute Gasteiger partial charge is 0.149 e. The molecule has 0 unspecified atom stereocenters. The zero-order valence-electron chi connectivity index (χ0n) is 28.3. The molecule has 0 aliphatic rings. The van der Waals surface area contributed by atoms with Crippen LogP contribution in [0.1, 0.15) is 0 Å². The van der Waals surface area contributed by atoms with Crippen LogP contribution < -0.4 is 4.90 Å². The maximum absolute atomic E-state index is 6.67. The van der Waals surface area contributed by atoms with Crippen molar-refractivity contribution in [2.75, 3.05) is 4.90 Å². The molecular formula is C49H32N2O. The molecule has 0 radical (unpaired) electrons. The molecule has 0 saturated carbocycles. The van der Waals surface area contributed by atoms with Crippen molar-refractivity contribution in [2.45, 2.75) is 0 Å². The predicted molar refractivity (Wildman–Crippen MR) is 218 cm³/mol. The minimum absolute atomic E-state index is 0.802. The molecule has 0 fully saturated rings. The molecule has 0 aliphatic heterocycles. The lowest BCUT2D eigenvalue weighted by Crippen LogP contribution is -2.12. The second-order valence-corrected chi connectivity index (χ2v) is 13.2. The molecule has 0 aliphatic carbocycles. The number of rotatable bonds is 6. The zero-order chi connectivity index (χ0) is 34.4. The van der Waals surface area contributed by atoms with Gasteiger partial charge < -0.3 is 4.42 Å². The van der Waals surface area contributed by atoms with Crippen LogP contribution in [0.3, 0.4) is 0 Å². The van der Waals surface area contributed by atoms with Gasteiger partial charge in [-0.3, -0.25) is 4.90 Å². The van der Waals surface area contributed by atoms with E-state index in [1.54, 1.807) is 0 Å². The number of hydrogen-bond acceptors (Lipinski definition) is 3. The van der Waals surface area contributed by atoms with Crippen LogP contribution in [0.4, 0.5) is 17.2 Å². The summed E-state index contributed by atoms with van der Waals surface area (Å²) < 4.78 is 6.67. The van der Waals surface area contributed by atoms with Crippen molar-refractivity contribution < 1.29 is 4.42 Å². The summed E-state index contributed by atoms with van der Waals surface area (Å²) in [4.78, 5) is 7.44. The highest BCUT2D eigenvalue weighted by Crippen LogP contribution is 2.46. The van der Waals surface area contributed by atoms with Gasteiger partial charge in [0.2, 0.25) is 0 Å². The van der Waals surface area contributed by atoms with Crippen LogP contribution in [0.5, 0.6) is 0 Å². The molecule has 0 N–H and O–H groups in total. The first kappa shape index (κ1) is 29.9. The van der Waals surface area contributed by atoms with Gasteiger partial charge in [0.1, 0.15) is 17.0 Å². The van der Waals surface area contributed by atoms with Crippen LogP contribution in [0, 0.1) is 0 Å². The monoisotopic (exact) mass is 664 g/mol. The maximum atomic E-state index is 6.67. The minimum Gasteiger partial charge on any atom is -0.455 e. The van der Waals surface area contributed by atoms with Gasteiger partial charge in [-0.2, -0.15) is 0 Å². The van der Waals surface area contributed by atoms with Crippen LogP contribution in [0.15, 0.2) is 199 Å². The second kappa shape index (κ2) is 12.4. The zero-order valence-corrected chi connectivity index (χ0v) is 28.3. The minimum atomic E-state index is 0.802. The summed E-state index contributed by atoms with van der Waals surface area (Å²) >= 11 is 0. The van der Waals surface area contributed by atoms with Crippen LogP contribution in [-0.4, -0.2) is 4.98 Å². The topological polar surface area (TPSA) is 29.3 Å². The number of fused-ring (bicyclic) bond motifs is 6. The van der Waals surface area contributed by atoms with Gasteiger partial charge in [0.15, 0.2) is 0 Å². The molecule has 52 heavy (non-hydrogen) atoms. The Morgan fingerprint density at radius 3 is 1.94 bits per heavy atom. The Balaban J connectivity index is 1.25. The summed E-state index contributed by atoms with van der Waals surface area (Å²) in [7, 11) is 0. The number of hydrogen-bond donors (Lipinski definition) is 0. The highest BCUT2D eigenvalue weighted by atomic mass is 16.3. The lowest BCUT2D eigenvalue weighted by molar-refractivity contribution is 0.672. The van der Waals surface area contributed by atoms with E-state index in [9.17, 15) is 0 Å². The summed E-state index contributed by atoms with van der Waals surface area (Å²) in [5, 5.41) is 6.68. The number of nitrogens with zero attached hydrogens (tertiary/aromatic N) is 2. The summed E-state index contributed by atoms with van der Waals surface area (Å²) in [6, 6.07) is 66.7. The van der Waals surface area contributed by atoms with Crippen molar-refractivity contribution in [3.63, 3.8) is 0 Å². The molecule has 10 rings (SSSR count). The van der Waals surface area contributed by atoms with E-state index in [0.717, 1.165) is 72.2 Å². The van der Waals surface area contributed by atoms with Gasteiger partial charge in [0, 0.05) is 28.3 Å². The Morgan fingerprint density at radius 1 is 0.404 bits per heavy atom. The standard InChI is InChI=1S/C49H32N2O/c1-3-12-33(13-4-1)38-19-11-20-40(31-38)51(49-47-44-26-24-36-17-9-10-21-43(36)48(44)52-46(47)28-29-50-49)41-25-27-42(35-15-5-2-6-16-35)45(32-41)39-23-22-34-14-7-8-18-37(34)30-39/h1-32H. The van der Waals surface area contributed by atoms with Gasteiger partial charge in [0.25, 0.3) is 0 Å². The summed E-state index contributed by atoms with van der Waals surface area (Å²) in [6.45, 7) is 0. The molecule has 244 valence electrons. The molecular weight excluding hydrogens is 633 g/mol. The van der Waals surface area contributed by atoms with Gasteiger partial charge in [-0.15, -0.1) is 0 Å². The van der Waals surface area contributed by atoms with Gasteiger partial charge >= 0.3 is 0 Å². The quantitative estimate of drug-likeness (QED) is 0.177. The molecule has 0 bridgehead atoms. The Bertz CT molecular complexity index is 2910. The molecule has 0 amide bonds. The van der Waals surface area contributed by atoms with Gasteiger partial charge in [0.05, 0.1) is 5.39 Å². The third-order valence-electron chi connectivity index (χ3n) is 10.1. The number of furan rings is 1. The number of pyridine rings is 1. The summed E-state index contributed by atoms with van der Waals surface area (Å²) in [5.41, 5.74) is 10.6. The Morgan fingerprint density at radius 2 is 1.10 bits per heavy atom. The first-order chi connectivity index (χ1) is 25.8. The van der Waals surface area contributed by atoms with E-state index in [4.69, 9.17) is 9.40 Å². The normalized spacial score (nSPS) is 11.5. The summed E-state index contributed by atoms with van der Waals surface area (Å²) in [6.07, 6.45) is 1.86. The third kappa shape index (κ3) is 5.10. The number of anilines is 3. The highest BCUT2D eigenvalue weighted by Gasteiger charge is 2.23. The van der Waals surface area contributed by atoms with E-state index in [1.165, 1.54) is 21.9 Å². The first-order valence-electron chi connectivity index (χ1n) is 17.6. The van der Waals surface area contributed by atoms with E-state index < -0.39 is 0 Å². The van der Waals surface area contributed by atoms with Gasteiger partial charge in [-0.05, 0) is 92.0 Å². The fraction of sp³-hybridized carbons (Fsp3) is 0. The van der Waals surface area contributed by atoms with Crippen LogP contribution >= 0.6 is 0 Å². The van der Waals surface area contributed by atoms with Crippen LogP contribution in [0.2, 0.25) is 0 Å². The van der Waals surface area contributed by atoms with Crippen molar-refractivity contribution in [3.05, 3.63) is 194 Å². The van der Waals surface area contributed by atoms with Gasteiger partial charge in [-0.1, -0.05) is 146 Å². The molecule has 8 aromatic carbocycles. The second-order valence-electron chi connectivity index (χ2n) is 13.2. The molecule has 2 aromatic heterocycles. The first-order valence-corrected chi connectivity index (χ1v) is 17.6. The van der Waals surface area contributed by atoms with E-state index in [1.807, 2.05) is 12.3 Å². The van der Waals surface area contributed by atoms with Gasteiger partial charge in [-0.25, -0.2) is 4.98 Å². The van der Waals surface area contributed by atoms with Crippen LogP contribution in [-0.2, 0) is 0 Å². The molecule has 3 heteroatoms. The third-order valence-corrected chi connectivity index (χ3v) is 10.1. The fourth-order valence-corrected chi connectivity index (χ4v) is 7.59. The highest BCUT2D eigenvalue weighted by molar-refractivity contribution is 6.19. The van der Waals surface area contributed by atoms with E-state index in [0.29, 0.717) is 0 Å². The largest absolute Gasteiger partial charge is 0.455 e. The molecule has 0 saturated heterocycles. The van der Waals surface area contributed by atoms with E-state index >= 15 is 0 Å². The average molecular weight is 665 g/mol. The Labute approximate surface area is 301 Å². The molecule has 2 heterocycles. The van der Waals surface area contributed by atoms with Crippen molar-refractivity contribution in [2.24, 2.45) is 0 Å². The fourth-order valence-electron chi connectivity index (χ4n) is 7.59. The Hall–Kier alpha value is -6.97. The van der Waals surface area contributed by atoms with Crippen molar-refractivity contribution in [1.29, 1.82) is 0 Å². The molecule has 3 nitrogen and oxygen atoms in total. The maximum Gasteiger partial charge on any atom is 0.149 e. The molecule has 10 aromatic rings. The van der Waals surface area contributed by atoms with Crippen LogP contribution in [0.25, 0.3) is 76.9 Å². The lowest BCUT2D eigenvalue weighted by atomic mass is 9.92. The average Bonchev–Trinajstić information content (AvgIpc) is 3.62. The molecule has 0 atom stereocenters. The SMILES string of the molecule is c1ccc(-c2cccc(N(c3ccc(-c4ccccc4)c(-c4ccc5ccccc5c4)c3)c3nccc4oc5c6ccccc6ccc5c34)c2)cc1. The van der Waals surface area contributed by atoms with E-state index in [2.05, 4.69) is 187 Å². The van der Waals surface area contributed by atoms with Crippen molar-refractivity contribution >= 4 is 60.7 Å². The predicted octanol–water partition coefficient (Wildman–Crippen LogP) is 13.8. The summed E-state index contributed by atoms with van der Waals surface area (Å²) in [5.74, 6) is 0.814. The number of aromatic nitrogens is 1. The molecule has 0 spiro atoms. The number of benzene rings is 8. The van der Waals surface area contributed by atoms with Crippen molar-refractivity contribution in [3.8, 4) is 33.4 Å².